The second kappa shape index (κ2) is 6.80. The Morgan fingerprint density at radius 1 is 1.07 bits per heavy atom. The number of allylic oxidation sites excluding steroid dienone is 2. The SMILES string of the molecule is CC(=O)C1/C=C/CCCCCCCC1. The quantitative estimate of drug-likeness (QED) is 0.579. The first kappa shape index (κ1) is 11.5. The van der Waals surface area contributed by atoms with Crippen LogP contribution in [0.1, 0.15) is 58.3 Å². The molecule has 0 saturated carbocycles. The Morgan fingerprint density at radius 3 is 2.43 bits per heavy atom. The Labute approximate surface area is 87.6 Å². The van der Waals surface area contributed by atoms with Gasteiger partial charge in [-0.15, -0.1) is 0 Å². The van der Waals surface area contributed by atoms with Crippen molar-refractivity contribution in [2.24, 2.45) is 5.92 Å². The lowest BCUT2D eigenvalue weighted by Crippen LogP contribution is -2.07. The predicted octanol–water partition coefficient (Wildman–Crippen LogP) is 3.88. The molecule has 1 nitrogen and oxygen atoms in total. The zero-order valence-corrected chi connectivity index (χ0v) is 9.30. The van der Waals surface area contributed by atoms with Gasteiger partial charge in [0.2, 0.25) is 0 Å². The van der Waals surface area contributed by atoms with E-state index in [0.29, 0.717) is 5.78 Å². The molecule has 0 N–H and O–H groups in total. The first-order valence-corrected chi connectivity index (χ1v) is 5.98. The van der Waals surface area contributed by atoms with Gasteiger partial charge >= 0.3 is 0 Å². The van der Waals surface area contributed by atoms with E-state index in [1.54, 1.807) is 6.92 Å². The van der Waals surface area contributed by atoms with Crippen LogP contribution in [-0.4, -0.2) is 5.78 Å². The molecule has 0 fully saturated rings. The van der Waals surface area contributed by atoms with Gasteiger partial charge in [0.1, 0.15) is 5.78 Å². The molecule has 1 atom stereocenters. The van der Waals surface area contributed by atoms with E-state index in [2.05, 4.69) is 12.2 Å². The summed E-state index contributed by atoms with van der Waals surface area (Å²) in [5, 5.41) is 0. The van der Waals surface area contributed by atoms with Crippen LogP contribution in [0, 0.1) is 5.92 Å². The Kier molecular flexibility index (Phi) is 5.58. The van der Waals surface area contributed by atoms with E-state index in [4.69, 9.17) is 0 Å². The summed E-state index contributed by atoms with van der Waals surface area (Å²) in [7, 11) is 0. The standard InChI is InChI=1S/C13H22O/c1-12(14)13-10-8-6-4-2-3-5-7-9-11-13/h8,10,13H,2-7,9,11H2,1H3/b10-8+. The van der Waals surface area contributed by atoms with Crippen molar-refractivity contribution in [1.29, 1.82) is 0 Å². The van der Waals surface area contributed by atoms with E-state index in [0.717, 1.165) is 12.8 Å². The van der Waals surface area contributed by atoms with Crippen LogP contribution in [-0.2, 0) is 4.79 Å². The average molecular weight is 194 g/mol. The van der Waals surface area contributed by atoms with Gasteiger partial charge < -0.3 is 0 Å². The molecule has 1 aliphatic rings. The van der Waals surface area contributed by atoms with Gasteiger partial charge in [0.15, 0.2) is 0 Å². The van der Waals surface area contributed by atoms with E-state index >= 15 is 0 Å². The first-order chi connectivity index (χ1) is 6.80. The minimum absolute atomic E-state index is 0.202. The first-order valence-electron chi connectivity index (χ1n) is 5.98. The molecule has 0 saturated heterocycles. The number of carbonyl (C=O) groups is 1. The van der Waals surface area contributed by atoms with Crippen molar-refractivity contribution in [2.75, 3.05) is 0 Å². The van der Waals surface area contributed by atoms with E-state index in [9.17, 15) is 4.79 Å². The van der Waals surface area contributed by atoms with Crippen molar-refractivity contribution in [1.82, 2.24) is 0 Å². The highest BCUT2D eigenvalue weighted by molar-refractivity contribution is 5.79. The number of ketones is 1. The molecule has 1 heteroatoms. The second-order valence-electron chi connectivity index (χ2n) is 4.34. The van der Waals surface area contributed by atoms with Gasteiger partial charge in [0.05, 0.1) is 0 Å². The second-order valence-corrected chi connectivity index (χ2v) is 4.34. The highest BCUT2D eigenvalue weighted by Gasteiger charge is 2.09. The summed E-state index contributed by atoms with van der Waals surface area (Å²) in [4.78, 5) is 11.3. The monoisotopic (exact) mass is 194 g/mol. The van der Waals surface area contributed by atoms with E-state index < -0.39 is 0 Å². The maximum Gasteiger partial charge on any atom is 0.136 e. The smallest absolute Gasteiger partial charge is 0.136 e. The van der Waals surface area contributed by atoms with Crippen molar-refractivity contribution in [3.05, 3.63) is 12.2 Å². The largest absolute Gasteiger partial charge is 0.299 e. The zero-order valence-electron chi connectivity index (χ0n) is 9.30. The molecule has 0 spiro atoms. The Morgan fingerprint density at radius 2 is 1.71 bits per heavy atom. The maximum atomic E-state index is 11.3. The summed E-state index contributed by atoms with van der Waals surface area (Å²) >= 11 is 0. The molecule has 1 aliphatic carbocycles. The normalized spacial score (nSPS) is 27.6. The van der Waals surface area contributed by atoms with Gasteiger partial charge in [-0.2, -0.15) is 0 Å². The molecule has 1 unspecified atom stereocenters. The van der Waals surface area contributed by atoms with Crippen molar-refractivity contribution in [3.63, 3.8) is 0 Å². The predicted molar refractivity (Wildman–Crippen MR) is 60.2 cm³/mol. The molecule has 0 aromatic carbocycles. The number of rotatable bonds is 1. The highest BCUT2D eigenvalue weighted by atomic mass is 16.1. The van der Waals surface area contributed by atoms with Crippen LogP contribution in [0.15, 0.2) is 12.2 Å². The maximum absolute atomic E-state index is 11.3. The molecule has 0 heterocycles. The van der Waals surface area contributed by atoms with Crippen LogP contribution < -0.4 is 0 Å². The lowest BCUT2D eigenvalue weighted by atomic mass is 9.97. The third kappa shape index (κ3) is 4.59. The Balaban J connectivity index is 2.42. The summed E-state index contributed by atoms with van der Waals surface area (Å²) < 4.78 is 0. The molecule has 14 heavy (non-hydrogen) atoms. The molecule has 0 radical (unpaired) electrons. The van der Waals surface area contributed by atoms with Crippen LogP contribution in [0.2, 0.25) is 0 Å². The minimum atomic E-state index is 0.202. The topological polar surface area (TPSA) is 17.1 Å². The Hall–Kier alpha value is -0.590. The molecule has 1 rings (SSSR count). The van der Waals surface area contributed by atoms with Crippen LogP contribution in [0.5, 0.6) is 0 Å². The van der Waals surface area contributed by atoms with Gasteiger partial charge in [-0.3, -0.25) is 4.79 Å². The third-order valence-corrected chi connectivity index (χ3v) is 3.03. The van der Waals surface area contributed by atoms with Gasteiger partial charge in [-0.25, -0.2) is 0 Å². The lowest BCUT2D eigenvalue weighted by molar-refractivity contribution is -0.119. The average Bonchev–Trinajstić information content (AvgIpc) is 2.21. The van der Waals surface area contributed by atoms with Gasteiger partial charge in [-0.05, 0) is 26.2 Å². The van der Waals surface area contributed by atoms with E-state index in [1.807, 2.05) is 0 Å². The number of carbonyl (C=O) groups excluding carboxylic acids is 1. The van der Waals surface area contributed by atoms with E-state index in [1.165, 1.54) is 38.5 Å². The summed E-state index contributed by atoms with van der Waals surface area (Å²) in [5.74, 6) is 0.536. The van der Waals surface area contributed by atoms with Crippen molar-refractivity contribution < 1.29 is 4.79 Å². The Bertz CT molecular complexity index is 193. The van der Waals surface area contributed by atoms with Crippen LogP contribution in [0.3, 0.4) is 0 Å². The fraction of sp³-hybridized carbons (Fsp3) is 0.769. The van der Waals surface area contributed by atoms with Gasteiger partial charge in [0, 0.05) is 5.92 Å². The summed E-state index contributed by atoms with van der Waals surface area (Å²) in [6.07, 6.45) is 14.5. The number of hydrogen-bond acceptors (Lipinski definition) is 1. The lowest BCUT2D eigenvalue weighted by Gasteiger charge is -2.07. The summed E-state index contributed by atoms with van der Waals surface area (Å²) in [6, 6.07) is 0. The van der Waals surface area contributed by atoms with Crippen LogP contribution in [0.25, 0.3) is 0 Å². The molecule has 0 aromatic rings. The molecular formula is C13H22O. The van der Waals surface area contributed by atoms with E-state index in [-0.39, 0.29) is 5.92 Å². The van der Waals surface area contributed by atoms with Gasteiger partial charge in [0.25, 0.3) is 0 Å². The van der Waals surface area contributed by atoms with Crippen LogP contribution in [0.4, 0.5) is 0 Å². The molecule has 80 valence electrons. The minimum Gasteiger partial charge on any atom is -0.299 e. The molecule has 0 aliphatic heterocycles. The number of Topliss-reactive ketones (excluding diaryl/α,β-unsaturated/α-hetero) is 1. The highest BCUT2D eigenvalue weighted by Crippen LogP contribution is 2.17. The molecule has 0 bridgehead atoms. The molecular weight excluding hydrogens is 172 g/mol. The fourth-order valence-electron chi connectivity index (χ4n) is 2.03. The third-order valence-electron chi connectivity index (χ3n) is 3.03. The summed E-state index contributed by atoms with van der Waals surface area (Å²) in [5.41, 5.74) is 0. The fourth-order valence-corrected chi connectivity index (χ4v) is 2.03. The van der Waals surface area contributed by atoms with Crippen LogP contribution >= 0.6 is 0 Å². The zero-order chi connectivity index (χ0) is 10.2. The van der Waals surface area contributed by atoms with Gasteiger partial charge in [-0.1, -0.05) is 44.3 Å². The number of hydrogen-bond donors (Lipinski definition) is 0. The molecule has 0 amide bonds. The van der Waals surface area contributed by atoms with Crippen molar-refractivity contribution in [2.45, 2.75) is 58.3 Å². The summed E-state index contributed by atoms with van der Waals surface area (Å²) in [6.45, 7) is 1.72. The van der Waals surface area contributed by atoms with Crippen molar-refractivity contribution in [3.8, 4) is 0 Å². The molecule has 0 aromatic heterocycles. The van der Waals surface area contributed by atoms with Crippen molar-refractivity contribution >= 4 is 5.78 Å².